The lowest BCUT2D eigenvalue weighted by Gasteiger charge is -2.40. The smallest absolute Gasteiger partial charge is 0.282 e. The molecule has 0 aromatic heterocycles. The summed E-state index contributed by atoms with van der Waals surface area (Å²) in [6, 6.07) is 17.9. The van der Waals surface area contributed by atoms with Gasteiger partial charge in [-0.1, -0.05) is 42.5 Å². The molecule has 0 aliphatic carbocycles. The van der Waals surface area contributed by atoms with Gasteiger partial charge in [-0.25, -0.2) is 0 Å². The lowest BCUT2D eigenvalue weighted by atomic mass is 9.86. The Labute approximate surface area is 184 Å². The van der Waals surface area contributed by atoms with Crippen LogP contribution in [0, 0.1) is 5.92 Å². The highest BCUT2D eigenvalue weighted by atomic mass is 32.2. The molecule has 0 bridgehead atoms. The van der Waals surface area contributed by atoms with Crippen LogP contribution >= 0.6 is 0 Å². The molecule has 0 radical (unpaired) electrons. The highest BCUT2D eigenvalue weighted by molar-refractivity contribution is 7.86. The number of rotatable bonds is 7. The van der Waals surface area contributed by atoms with Gasteiger partial charge < -0.3 is 15.2 Å². The lowest BCUT2D eigenvalue weighted by molar-refractivity contribution is 0.0679. The Morgan fingerprint density at radius 2 is 1.77 bits per heavy atom. The van der Waals surface area contributed by atoms with Crippen molar-refractivity contribution in [1.29, 1.82) is 0 Å². The van der Waals surface area contributed by atoms with Crippen LogP contribution in [0.15, 0.2) is 54.6 Å². The molecule has 2 aromatic rings. The van der Waals surface area contributed by atoms with E-state index in [1.54, 1.807) is 8.61 Å². The Morgan fingerprint density at radius 3 is 2.52 bits per heavy atom. The lowest BCUT2D eigenvalue weighted by Crippen LogP contribution is -2.53. The predicted molar refractivity (Wildman–Crippen MR) is 120 cm³/mol. The molecule has 2 atom stereocenters. The van der Waals surface area contributed by atoms with Crippen LogP contribution < -0.4 is 10.5 Å². The highest BCUT2D eigenvalue weighted by Crippen LogP contribution is 2.33. The molecule has 0 spiro atoms. The Bertz CT molecular complexity index is 948. The fourth-order valence-corrected chi connectivity index (χ4v) is 6.06. The number of nitrogens with zero attached hydrogens (tertiary/aromatic N) is 2. The maximum atomic E-state index is 13.4. The zero-order chi connectivity index (χ0) is 21.7. The molecule has 0 saturated carbocycles. The largest absolute Gasteiger partial charge is 0.493 e. The zero-order valence-corrected chi connectivity index (χ0v) is 18.5. The van der Waals surface area contributed by atoms with Gasteiger partial charge in [0.2, 0.25) is 0 Å². The Balaban J connectivity index is 1.51. The van der Waals surface area contributed by atoms with Crippen molar-refractivity contribution in [2.45, 2.75) is 18.9 Å². The standard InChI is InChI=1S/C23H31N3O4S/c24-15-19-5-4-8-23(14-19)30-18-20-13-22(21-6-2-1-3-7-21)17-26(16-20)31(27,28)25-9-11-29-12-10-25/h1-8,14,20,22H,9-13,15-18,24H2. The first-order valence-corrected chi connectivity index (χ1v) is 12.3. The van der Waals surface area contributed by atoms with Gasteiger partial charge in [0.1, 0.15) is 5.75 Å². The fourth-order valence-electron chi connectivity index (χ4n) is 4.35. The molecule has 4 rings (SSSR count). The first-order chi connectivity index (χ1) is 15.1. The van der Waals surface area contributed by atoms with E-state index in [2.05, 4.69) is 12.1 Å². The molecule has 31 heavy (non-hydrogen) atoms. The maximum absolute atomic E-state index is 13.4. The molecule has 8 heteroatoms. The fraction of sp³-hybridized carbons (Fsp3) is 0.478. The van der Waals surface area contributed by atoms with E-state index in [9.17, 15) is 8.42 Å². The van der Waals surface area contributed by atoms with Gasteiger partial charge in [0.05, 0.1) is 19.8 Å². The van der Waals surface area contributed by atoms with Crippen molar-refractivity contribution in [2.24, 2.45) is 11.7 Å². The molecule has 2 unspecified atom stereocenters. The molecule has 2 heterocycles. The summed E-state index contributed by atoms with van der Waals surface area (Å²) in [6.45, 7) is 3.57. The Hall–Kier alpha value is -1.97. The van der Waals surface area contributed by atoms with Crippen molar-refractivity contribution < 1.29 is 17.9 Å². The van der Waals surface area contributed by atoms with Gasteiger partial charge >= 0.3 is 0 Å². The topological polar surface area (TPSA) is 85.1 Å². The minimum absolute atomic E-state index is 0.0938. The molecule has 2 aliphatic rings. The van der Waals surface area contributed by atoms with E-state index in [4.69, 9.17) is 15.2 Å². The molecular formula is C23H31N3O4S. The van der Waals surface area contributed by atoms with Crippen molar-refractivity contribution in [3.8, 4) is 5.75 Å². The number of benzene rings is 2. The zero-order valence-electron chi connectivity index (χ0n) is 17.7. The third kappa shape index (κ3) is 5.45. The SMILES string of the molecule is NCc1cccc(OCC2CC(c3ccccc3)CN(S(=O)(=O)N3CCOCC3)C2)c1. The molecule has 7 nitrogen and oxygen atoms in total. The summed E-state index contributed by atoms with van der Waals surface area (Å²) in [7, 11) is -3.54. The number of hydrogen-bond donors (Lipinski definition) is 1. The van der Waals surface area contributed by atoms with Crippen LogP contribution in [0.25, 0.3) is 0 Å². The first kappa shape index (κ1) is 22.2. The van der Waals surface area contributed by atoms with E-state index in [1.165, 1.54) is 5.56 Å². The number of piperidine rings is 1. The maximum Gasteiger partial charge on any atom is 0.282 e. The quantitative estimate of drug-likeness (QED) is 0.706. The van der Waals surface area contributed by atoms with Crippen LogP contribution in [0.5, 0.6) is 5.75 Å². The van der Waals surface area contributed by atoms with Gasteiger partial charge in [-0.15, -0.1) is 0 Å². The van der Waals surface area contributed by atoms with Crippen LogP contribution in [0.4, 0.5) is 0 Å². The summed E-state index contributed by atoms with van der Waals surface area (Å²) in [5.41, 5.74) is 7.91. The predicted octanol–water partition coefficient (Wildman–Crippen LogP) is 2.21. The van der Waals surface area contributed by atoms with E-state index in [0.29, 0.717) is 52.5 Å². The van der Waals surface area contributed by atoms with E-state index in [1.807, 2.05) is 42.5 Å². The van der Waals surface area contributed by atoms with Crippen molar-refractivity contribution >= 4 is 10.2 Å². The molecule has 2 saturated heterocycles. The van der Waals surface area contributed by atoms with Gasteiger partial charge in [0.15, 0.2) is 0 Å². The number of nitrogens with two attached hydrogens (primary N) is 1. The average Bonchev–Trinajstić information content (AvgIpc) is 2.84. The Kier molecular flexibility index (Phi) is 7.24. The van der Waals surface area contributed by atoms with Crippen LogP contribution in [0.3, 0.4) is 0 Å². The van der Waals surface area contributed by atoms with Crippen LogP contribution in [-0.2, 0) is 21.5 Å². The van der Waals surface area contributed by atoms with Crippen molar-refractivity contribution in [3.05, 3.63) is 65.7 Å². The summed E-state index contributed by atoms with van der Waals surface area (Å²) < 4.78 is 41.3. The van der Waals surface area contributed by atoms with Gasteiger partial charge in [0.25, 0.3) is 10.2 Å². The van der Waals surface area contributed by atoms with E-state index in [-0.39, 0.29) is 11.8 Å². The monoisotopic (exact) mass is 445 g/mol. The van der Waals surface area contributed by atoms with Crippen LogP contribution in [0.2, 0.25) is 0 Å². The minimum Gasteiger partial charge on any atom is -0.493 e. The number of hydrogen-bond acceptors (Lipinski definition) is 5. The first-order valence-electron chi connectivity index (χ1n) is 10.9. The second-order valence-corrected chi connectivity index (χ2v) is 10.1. The molecule has 0 amide bonds. The minimum atomic E-state index is -3.54. The number of morpholine rings is 1. The number of ether oxygens (including phenoxy) is 2. The second-order valence-electron chi connectivity index (χ2n) is 8.21. The highest BCUT2D eigenvalue weighted by Gasteiger charge is 2.38. The second kappa shape index (κ2) is 10.1. The molecule has 2 N–H and O–H groups in total. The van der Waals surface area contributed by atoms with E-state index >= 15 is 0 Å². The summed E-state index contributed by atoms with van der Waals surface area (Å²) in [5.74, 6) is 0.999. The summed E-state index contributed by atoms with van der Waals surface area (Å²) in [6.07, 6.45) is 0.885. The third-order valence-corrected chi connectivity index (χ3v) is 7.99. The van der Waals surface area contributed by atoms with Crippen LogP contribution in [-0.4, -0.2) is 63.0 Å². The van der Waals surface area contributed by atoms with Crippen molar-refractivity contribution in [1.82, 2.24) is 8.61 Å². The summed E-state index contributed by atoms with van der Waals surface area (Å²) in [4.78, 5) is 0. The molecule has 2 fully saturated rings. The van der Waals surface area contributed by atoms with Gasteiger partial charge in [0, 0.05) is 38.6 Å². The van der Waals surface area contributed by atoms with E-state index < -0.39 is 10.2 Å². The van der Waals surface area contributed by atoms with Crippen molar-refractivity contribution in [2.75, 3.05) is 46.0 Å². The normalized spacial score (nSPS) is 23.5. The molecular weight excluding hydrogens is 414 g/mol. The average molecular weight is 446 g/mol. The molecule has 168 valence electrons. The van der Waals surface area contributed by atoms with Crippen molar-refractivity contribution in [3.63, 3.8) is 0 Å². The van der Waals surface area contributed by atoms with Crippen LogP contribution in [0.1, 0.15) is 23.5 Å². The third-order valence-electron chi connectivity index (χ3n) is 6.02. The van der Waals surface area contributed by atoms with E-state index in [0.717, 1.165) is 17.7 Å². The van der Waals surface area contributed by atoms with Gasteiger partial charge in [-0.3, -0.25) is 0 Å². The summed E-state index contributed by atoms with van der Waals surface area (Å²) in [5, 5.41) is 0. The Morgan fingerprint density at radius 1 is 1.00 bits per heavy atom. The molecule has 2 aromatic carbocycles. The summed E-state index contributed by atoms with van der Waals surface area (Å²) >= 11 is 0. The van der Waals surface area contributed by atoms with Gasteiger partial charge in [-0.05, 0) is 35.6 Å². The molecule has 2 aliphatic heterocycles. The van der Waals surface area contributed by atoms with Gasteiger partial charge in [-0.2, -0.15) is 17.0 Å².